The number of hydrogen-bond acceptors (Lipinski definition) is 3. The molecule has 0 aliphatic heterocycles. The number of amides is 2. The predicted octanol–water partition coefficient (Wildman–Crippen LogP) is 4.58. The summed E-state index contributed by atoms with van der Waals surface area (Å²) in [5, 5.41) is 0.724. The zero-order valence-electron chi connectivity index (χ0n) is 14.0. The maximum Gasteiger partial charge on any atom is 0.269 e. The van der Waals surface area contributed by atoms with Gasteiger partial charge >= 0.3 is 0 Å². The highest BCUT2D eigenvalue weighted by molar-refractivity contribution is 7.98. The molecule has 6 heteroatoms. The van der Waals surface area contributed by atoms with Crippen molar-refractivity contribution >= 4 is 35.2 Å². The Kier molecular flexibility index (Phi) is 7.82. The Labute approximate surface area is 157 Å². The average Bonchev–Trinajstić information content (AvgIpc) is 2.64. The summed E-state index contributed by atoms with van der Waals surface area (Å²) >= 11 is 7.57. The van der Waals surface area contributed by atoms with E-state index in [9.17, 15) is 9.59 Å². The van der Waals surface area contributed by atoms with E-state index in [4.69, 9.17) is 11.6 Å². The zero-order valence-corrected chi connectivity index (χ0v) is 15.6. The van der Waals surface area contributed by atoms with Crippen molar-refractivity contribution in [3.05, 3.63) is 64.7 Å². The first-order chi connectivity index (χ1) is 12.1. The molecule has 2 aromatic carbocycles. The first kappa shape index (κ1) is 19.3. The number of hydrazine groups is 1. The van der Waals surface area contributed by atoms with Gasteiger partial charge in [-0.05, 0) is 48.4 Å². The molecule has 0 atom stereocenters. The number of carbonyl (C=O) groups is 2. The van der Waals surface area contributed by atoms with Gasteiger partial charge in [-0.2, -0.15) is 0 Å². The van der Waals surface area contributed by atoms with E-state index in [1.165, 1.54) is 0 Å². The van der Waals surface area contributed by atoms with Crippen LogP contribution in [0.3, 0.4) is 0 Å². The van der Waals surface area contributed by atoms with Gasteiger partial charge in [0.15, 0.2) is 0 Å². The SMILES string of the molecule is CCCCC(=O)NNC(=O)c1ccc(CSc2ccc(Cl)cc2)cc1. The van der Waals surface area contributed by atoms with Crippen molar-refractivity contribution in [2.75, 3.05) is 0 Å². The van der Waals surface area contributed by atoms with Gasteiger partial charge in [0.05, 0.1) is 0 Å². The number of thioether (sulfide) groups is 1. The van der Waals surface area contributed by atoms with E-state index in [0.29, 0.717) is 12.0 Å². The molecule has 2 N–H and O–H groups in total. The minimum atomic E-state index is -0.318. The summed E-state index contributed by atoms with van der Waals surface area (Å²) in [6.07, 6.45) is 2.16. The third-order valence-corrected chi connectivity index (χ3v) is 4.84. The molecule has 0 aliphatic rings. The lowest BCUT2D eigenvalue weighted by molar-refractivity contribution is -0.121. The maximum absolute atomic E-state index is 12.0. The largest absolute Gasteiger partial charge is 0.273 e. The van der Waals surface area contributed by atoms with Crippen molar-refractivity contribution in [2.45, 2.75) is 36.8 Å². The van der Waals surface area contributed by atoms with Gasteiger partial charge in [-0.15, -0.1) is 11.8 Å². The van der Waals surface area contributed by atoms with Crippen molar-refractivity contribution in [2.24, 2.45) is 0 Å². The van der Waals surface area contributed by atoms with E-state index >= 15 is 0 Å². The van der Waals surface area contributed by atoms with Crippen LogP contribution in [0.4, 0.5) is 0 Å². The molecule has 2 aromatic rings. The van der Waals surface area contributed by atoms with Gasteiger partial charge in [0.2, 0.25) is 5.91 Å². The monoisotopic (exact) mass is 376 g/mol. The van der Waals surface area contributed by atoms with E-state index < -0.39 is 0 Å². The molecule has 2 rings (SSSR count). The van der Waals surface area contributed by atoms with Gasteiger partial charge in [0.25, 0.3) is 5.91 Å². The summed E-state index contributed by atoms with van der Waals surface area (Å²) in [7, 11) is 0. The summed E-state index contributed by atoms with van der Waals surface area (Å²) in [4.78, 5) is 24.6. The van der Waals surface area contributed by atoms with Crippen molar-refractivity contribution in [1.29, 1.82) is 0 Å². The first-order valence-electron chi connectivity index (χ1n) is 8.15. The lowest BCUT2D eigenvalue weighted by Crippen LogP contribution is -2.41. The van der Waals surface area contributed by atoms with Crippen LogP contribution < -0.4 is 10.9 Å². The highest BCUT2D eigenvalue weighted by Crippen LogP contribution is 2.24. The lowest BCUT2D eigenvalue weighted by Gasteiger charge is -2.08. The quantitative estimate of drug-likeness (QED) is 0.549. The van der Waals surface area contributed by atoms with E-state index in [-0.39, 0.29) is 11.8 Å². The highest BCUT2D eigenvalue weighted by Gasteiger charge is 2.07. The molecular formula is C19H21ClN2O2S. The number of hydrogen-bond donors (Lipinski definition) is 2. The molecule has 0 aromatic heterocycles. The van der Waals surface area contributed by atoms with E-state index in [1.807, 2.05) is 43.3 Å². The Morgan fingerprint density at radius 1 is 1.00 bits per heavy atom. The molecule has 0 saturated heterocycles. The number of unbranched alkanes of at least 4 members (excludes halogenated alkanes) is 1. The molecule has 0 saturated carbocycles. The summed E-state index contributed by atoms with van der Waals surface area (Å²) in [6.45, 7) is 2.01. The molecule has 132 valence electrons. The molecule has 0 heterocycles. The van der Waals surface area contributed by atoms with Crippen LogP contribution in [0.5, 0.6) is 0 Å². The fourth-order valence-corrected chi connectivity index (χ4v) is 3.03. The first-order valence-corrected chi connectivity index (χ1v) is 9.51. The van der Waals surface area contributed by atoms with Crippen LogP contribution in [0.25, 0.3) is 0 Å². The van der Waals surface area contributed by atoms with Gasteiger partial charge in [0.1, 0.15) is 0 Å². The van der Waals surface area contributed by atoms with Crippen LogP contribution in [0.2, 0.25) is 5.02 Å². The molecule has 0 fully saturated rings. The second-order valence-electron chi connectivity index (χ2n) is 5.55. The van der Waals surface area contributed by atoms with Crippen molar-refractivity contribution in [1.82, 2.24) is 10.9 Å². The number of carbonyl (C=O) groups excluding carboxylic acids is 2. The Morgan fingerprint density at radius 3 is 2.32 bits per heavy atom. The van der Waals surface area contributed by atoms with E-state index in [1.54, 1.807) is 23.9 Å². The van der Waals surface area contributed by atoms with E-state index in [2.05, 4.69) is 10.9 Å². The molecule has 0 bridgehead atoms. The number of rotatable bonds is 7. The summed E-state index contributed by atoms with van der Waals surface area (Å²) in [5.41, 5.74) is 6.49. The minimum absolute atomic E-state index is 0.175. The van der Waals surface area contributed by atoms with Gasteiger partial charge in [-0.25, -0.2) is 0 Å². The Hall–Kier alpha value is -1.98. The molecule has 25 heavy (non-hydrogen) atoms. The highest BCUT2D eigenvalue weighted by atomic mass is 35.5. The van der Waals surface area contributed by atoms with Gasteiger partial charge < -0.3 is 0 Å². The Balaban J connectivity index is 1.81. The van der Waals surface area contributed by atoms with Crippen LogP contribution >= 0.6 is 23.4 Å². The molecular weight excluding hydrogens is 356 g/mol. The molecule has 0 spiro atoms. The van der Waals surface area contributed by atoms with Crippen molar-refractivity contribution < 1.29 is 9.59 Å². The van der Waals surface area contributed by atoms with Crippen LogP contribution in [0.15, 0.2) is 53.4 Å². The fraction of sp³-hybridized carbons (Fsp3) is 0.263. The molecule has 0 radical (unpaired) electrons. The second kappa shape index (κ2) is 10.1. The smallest absolute Gasteiger partial charge is 0.269 e. The zero-order chi connectivity index (χ0) is 18.1. The minimum Gasteiger partial charge on any atom is -0.273 e. The molecule has 0 unspecified atom stereocenters. The summed E-state index contributed by atoms with van der Waals surface area (Å²) < 4.78 is 0. The Morgan fingerprint density at radius 2 is 1.68 bits per heavy atom. The van der Waals surface area contributed by atoms with Crippen molar-refractivity contribution in [3.63, 3.8) is 0 Å². The van der Waals surface area contributed by atoms with Crippen LogP contribution in [-0.2, 0) is 10.5 Å². The molecule has 0 aliphatic carbocycles. The second-order valence-corrected chi connectivity index (χ2v) is 7.03. The van der Waals surface area contributed by atoms with Gasteiger partial charge in [0, 0.05) is 27.7 Å². The number of benzene rings is 2. The normalized spacial score (nSPS) is 10.3. The third-order valence-electron chi connectivity index (χ3n) is 3.51. The molecule has 4 nitrogen and oxygen atoms in total. The number of halogens is 1. The fourth-order valence-electron chi connectivity index (χ4n) is 2.05. The lowest BCUT2D eigenvalue weighted by atomic mass is 10.1. The van der Waals surface area contributed by atoms with Crippen LogP contribution in [-0.4, -0.2) is 11.8 Å². The van der Waals surface area contributed by atoms with Gasteiger partial charge in [-0.3, -0.25) is 20.4 Å². The van der Waals surface area contributed by atoms with E-state index in [0.717, 1.165) is 34.1 Å². The Bertz CT molecular complexity index is 702. The van der Waals surface area contributed by atoms with Crippen LogP contribution in [0.1, 0.15) is 42.1 Å². The predicted molar refractivity (Wildman–Crippen MR) is 103 cm³/mol. The summed E-state index contributed by atoms with van der Waals surface area (Å²) in [6, 6.07) is 15.0. The average molecular weight is 377 g/mol. The molecule has 2 amide bonds. The topological polar surface area (TPSA) is 58.2 Å². The van der Waals surface area contributed by atoms with Crippen molar-refractivity contribution in [3.8, 4) is 0 Å². The maximum atomic E-state index is 12.0. The van der Waals surface area contributed by atoms with Crippen LogP contribution in [0, 0.1) is 0 Å². The standard InChI is InChI=1S/C19H21ClN2O2S/c1-2-3-4-18(23)21-22-19(24)15-7-5-14(6-8-15)13-25-17-11-9-16(20)10-12-17/h5-12H,2-4,13H2,1H3,(H,21,23)(H,22,24). The van der Waals surface area contributed by atoms with Gasteiger partial charge in [-0.1, -0.05) is 37.1 Å². The summed E-state index contributed by atoms with van der Waals surface area (Å²) in [5.74, 6) is 0.310. The number of nitrogens with one attached hydrogen (secondary N) is 2. The third kappa shape index (κ3) is 6.80.